The highest BCUT2D eigenvalue weighted by molar-refractivity contribution is 5.90. The van der Waals surface area contributed by atoms with Crippen molar-refractivity contribution in [2.75, 3.05) is 14.2 Å². The molecule has 1 fully saturated rings. The number of carboxylic acid groups (broad SMARTS) is 1. The van der Waals surface area contributed by atoms with Crippen LogP contribution in [-0.4, -0.2) is 36.2 Å². The molecular formula is C17H25NO3. The largest absolute Gasteiger partial charge is 0.496 e. The zero-order valence-corrected chi connectivity index (χ0v) is 13.1. The van der Waals surface area contributed by atoms with Gasteiger partial charge in [0.25, 0.3) is 0 Å². The maximum Gasteiger partial charge on any atom is 0.339 e. The molecule has 116 valence electrons. The van der Waals surface area contributed by atoms with Crippen LogP contribution in [0, 0.1) is 5.92 Å². The Kier molecular flexibility index (Phi) is 5.23. The lowest BCUT2D eigenvalue weighted by atomic mass is 9.85. The molecule has 2 unspecified atom stereocenters. The number of carboxylic acids is 1. The Morgan fingerprint density at radius 2 is 2.10 bits per heavy atom. The standard InChI is InChI=1S/C17H25NO3/c1-12-6-4-5-7-15(12)18(2)11-13-8-9-14(17(19)20)16(10-13)21-3/h8-10,12,15H,4-7,11H2,1-3H3,(H,19,20). The van der Waals surface area contributed by atoms with Crippen molar-refractivity contribution in [1.82, 2.24) is 4.90 Å². The summed E-state index contributed by atoms with van der Waals surface area (Å²) in [5.74, 6) is 0.210. The molecule has 0 aromatic heterocycles. The molecule has 2 atom stereocenters. The molecule has 0 spiro atoms. The molecule has 0 amide bonds. The van der Waals surface area contributed by atoms with Crippen molar-refractivity contribution in [2.45, 2.75) is 45.2 Å². The van der Waals surface area contributed by atoms with Crippen LogP contribution >= 0.6 is 0 Å². The van der Waals surface area contributed by atoms with Gasteiger partial charge in [0.05, 0.1) is 7.11 Å². The van der Waals surface area contributed by atoms with E-state index in [1.54, 1.807) is 6.07 Å². The molecule has 1 N–H and O–H groups in total. The van der Waals surface area contributed by atoms with Gasteiger partial charge in [-0.05, 0) is 43.5 Å². The smallest absolute Gasteiger partial charge is 0.339 e. The first-order chi connectivity index (χ1) is 10.0. The van der Waals surface area contributed by atoms with Crippen molar-refractivity contribution in [3.63, 3.8) is 0 Å². The zero-order valence-electron chi connectivity index (χ0n) is 13.1. The zero-order chi connectivity index (χ0) is 15.4. The Balaban J connectivity index is 2.10. The number of hydrogen-bond acceptors (Lipinski definition) is 3. The fourth-order valence-electron chi connectivity index (χ4n) is 3.37. The minimum atomic E-state index is -0.951. The molecule has 0 heterocycles. The summed E-state index contributed by atoms with van der Waals surface area (Å²) in [5, 5.41) is 9.12. The second-order valence-corrected chi connectivity index (χ2v) is 6.08. The minimum Gasteiger partial charge on any atom is -0.496 e. The third-order valence-electron chi connectivity index (χ3n) is 4.56. The van der Waals surface area contributed by atoms with E-state index in [2.05, 4.69) is 18.9 Å². The summed E-state index contributed by atoms with van der Waals surface area (Å²) >= 11 is 0. The van der Waals surface area contributed by atoms with Crippen LogP contribution < -0.4 is 4.74 Å². The van der Waals surface area contributed by atoms with Gasteiger partial charge in [0.2, 0.25) is 0 Å². The van der Waals surface area contributed by atoms with Gasteiger partial charge in [-0.15, -0.1) is 0 Å². The SMILES string of the molecule is COc1cc(CN(C)C2CCCCC2C)ccc1C(=O)O. The van der Waals surface area contributed by atoms with Gasteiger partial charge in [0.1, 0.15) is 11.3 Å². The second-order valence-electron chi connectivity index (χ2n) is 6.08. The quantitative estimate of drug-likeness (QED) is 0.903. The normalized spacial score (nSPS) is 22.3. The molecule has 0 bridgehead atoms. The maximum atomic E-state index is 11.1. The summed E-state index contributed by atoms with van der Waals surface area (Å²) in [6.45, 7) is 3.15. The van der Waals surface area contributed by atoms with Crippen molar-refractivity contribution < 1.29 is 14.6 Å². The number of aromatic carboxylic acids is 1. The van der Waals surface area contributed by atoms with Crippen LogP contribution in [0.3, 0.4) is 0 Å². The third-order valence-corrected chi connectivity index (χ3v) is 4.56. The Bertz CT molecular complexity index is 501. The number of methoxy groups -OCH3 is 1. The van der Waals surface area contributed by atoms with Crippen LogP contribution in [0.2, 0.25) is 0 Å². The lowest BCUT2D eigenvalue weighted by Gasteiger charge is -2.36. The number of hydrogen-bond donors (Lipinski definition) is 1. The van der Waals surface area contributed by atoms with Crippen molar-refractivity contribution in [3.8, 4) is 5.75 Å². The van der Waals surface area contributed by atoms with Crippen molar-refractivity contribution in [3.05, 3.63) is 29.3 Å². The Labute approximate surface area is 126 Å². The number of nitrogens with zero attached hydrogens (tertiary/aromatic N) is 1. The predicted molar refractivity (Wildman–Crippen MR) is 82.8 cm³/mol. The van der Waals surface area contributed by atoms with E-state index in [1.807, 2.05) is 12.1 Å². The van der Waals surface area contributed by atoms with E-state index >= 15 is 0 Å². The highest BCUT2D eigenvalue weighted by atomic mass is 16.5. The fraction of sp³-hybridized carbons (Fsp3) is 0.588. The lowest BCUT2D eigenvalue weighted by molar-refractivity contribution is 0.0693. The summed E-state index contributed by atoms with van der Waals surface area (Å²) in [6, 6.07) is 5.97. The van der Waals surface area contributed by atoms with Crippen LogP contribution in [0.15, 0.2) is 18.2 Å². The van der Waals surface area contributed by atoms with Gasteiger partial charge >= 0.3 is 5.97 Å². The van der Waals surface area contributed by atoms with E-state index in [-0.39, 0.29) is 5.56 Å². The lowest BCUT2D eigenvalue weighted by Crippen LogP contribution is -2.38. The first kappa shape index (κ1) is 15.8. The summed E-state index contributed by atoms with van der Waals surface area (Å²) < 4.78 is 5.20. The van der Waals surface area contributed by atoms with E-state index in [4.69, 9.17) is 9.84 Å². The summed E-state index contributed by atoms with van der Waals surface area (Å²) in [4.78, 5) is 13.5. The second kappa shape index (κ2) is 6.94. The summed E-state index contributed by atoms with van der Waals surface area (Å²) in [7, 11) is 3.67. The van der Waals surface area contributed by atoms with E-state index in [0.717, 1.165) is 18.0 Å². The van der Waals surface area contributed by atoms with Crippen molar-refractivity contribution in [2.24, 2.45) is 5.92 Å². The molecule has 1 aliphatic carbocycles. The molecule has 1 saturated carbocycles. The average molecular weight is 291 g/mol. The Hall–Kier alpha value is -1.55. The monoisotopic (exact) mass is 291 g/mol. The van der Waals surface area contributed by atoms with Gasteiger partial charge in [0.15, 0.2) is 0 Å². The van der Waals surface area contributed by atoms with Gasteiger partial charge < -0.3 is 9.84 Å². The van der Waals surface area contributed by atoms with Crippen LogP contribution in [0.4, 0.5) is 0 Å². The van der Waals surface area contributed by atoms with Crippen LogP contribution in [-0.2, 0) is 6.54 Å². The summed E-state index contributed by atoms with van der Waals surface area (Å²) in [5.41, 5.74) is 1.31. The van der Waals surface area contributed by atoms with Gasteiger partial charge in [-0.2, -0.15) is 0 Å². The number of benzene rings is 1. The Morgan fingerprint density at radius 1 is 1.38 bits per heavy atom. The van der Waals surface area contributed by atoms with Crippen LogP contribution in [0.25, 0.3) is 0 Å². The molecule has 4 nitrogen and oxygen atoms in total. The van der Waals surface area contributed by atoms with E-state index in [0.29, 0.717) is 11.8 Å². The molecule has 21 heavy (non-hydrogen) atoms. The van der Waals surface area contributed by atoms with Crippen molar-refractivity contribution >= 4 is 5.97 Å². The molecule has 1 aromatic rings. The molecule has 2 rings (SSSR count). The highest BCUT2D eigenvalue weighted by Crippen LogP contribution is 2.29. The number of ether oxygens (including phenoxy) is 1. The predicted octanol–water partition coefficient (Wildman–Crippen LogP) is 3.40. The topological polar surface area (TPSA) is 49.8 Å². The molecule has 0 radical (unpaired) electrons. The number of carbonyl (C=O) groups is 1. The third kappa shape index (κ3) is 3.76. The van der Waals surface area contributed by atoms with Crippen molar-refractivity contribution in [1.29, 1.82) is 0 Å². The molecule has 0 saturated heterocycles. The van der Waals surface area contributed by atoms with E-state index < -0.39 is 5.97 Å². The Morgan fingerprint density at radius 3 is 2.71 bits per heavy atom. The number of rotatable bonds is 5. The molecule has 4 heteroatoms. The van der Waals surface area contributed by atoms with Crippen LogP contribution in [0.5, 0.6) is 5.75 Å². The van der Waals surface area contributed by atoms with Gasteiger partial charge in [-0.25, -0.2) is 4.79 Å². The summed E-state index contributed by atoms with van der Waals surface area (Å²) in [6.07, 6.45) is 5.20. The molecule has 1 aromatic carbocycles. The average Bonchev–Trinajstić information content (AvgIpc) is 2.47. The first-order valence-corrected chi connectivity index (χ1v) is 7.63. The van der Waals surface area contributed by atoms with E-state index in [9.17, 15) is 4.79 Å². The van der Waals surface area contributed by atoms with Gasteiger partial charge in [-0.1, -0.05) is 25.8 Å². The molecular weight excluding hydrogens is 266 g/mol. The minimum absolute atomic E-state index is 0.218. The van der Waals surface area contributed by atoms with Crippen LogP contribution in [0.1, 0.15) is 48.5 Å². The first-order valence-electron chi connectivity index (χ1n) is 7.63. The fourth-order valence-corrected chi connectivity index (χ4v) is 3.37. The van der Waals surface area contributed by atoms with Gasteiger partial charge in [-0.3, -0.25) is 4.90 Å². The maximum absolute atomic E-state index is 11.1. The van der Waals surface area contributed by atoms with Gasteiger partial charge in [0, 0.05) is 12.6 Å². The highest BCUT2D eigenvalue weighted by Gasteiger charge is 2.25. The molecule has 1 aliphatic rings. The van der Waals surface area contributed by atoms with E-state index in [1.165, 1.54) is 32.8 Å². The molecule has 0 aliphatic heterocycles.